The fourth-order valence-corrected chi connectivity index (χ4v) is 2.15. The number of amides is 1. The average molecular weight is 293 g/mol. The highest BCUT2D eigenvalue weighted by molar-refractivity contribution is 5.75. The lowest BCUT2D eigenvalue weighted by molar-refractivity contribution is -0.385. The van der Waals surface area contributed by atoms with E-state index in [0.717, 1.165) is 18.4 Å². The number of hydrogen-bond acceptors (Lipinski definition) is 4. The smallest absolute Gasteiger partial charge is 0.272 e. The quantitative estimate of drug-likeness (QED) is 0.567. The summed E-state index contributed by atoms with van der Waals surface area (Å²) in [7, 11) is 0. The number of nitro groups is 1. The van der Waals surface area contributed by atoms with E-state index in [-0.39, 0.29) is 11.6 Å². The van der Waals surface area contributed by atoms with Crippen molar-refractivity contribution >= 4 is 11.6 Å². The minimum atomic E-state index is -0.408. The highest BCUT2D eigenvalue weighted by Gasteiger charge is 2.13. The van der Waals surface area contributed by atoms with E-state index < -0.39 is 4.92 Å². The minimum absolute atomic E-state index is 0.0372. The minimum Gasteiger partial charge on any atom is -0.352 e. The van der Waals surface area contributed by atoms with Crippen molar-refractivity contribution in [2.24, 2.45) is 11.7 Å². The molecule has 0 saturated carbocycles. The molecule has 0 saturated heterocycles. The molecule has 0 bridgehead atoms. The average Bonchev–Trinajstić information content (AvgIpc) is 2.44. The number of carbonyl (C=O) groups is 1. The predicted octanol–water partition coefficient (Wildman–Crippen LogP) is 2.28. The van der Waals surface area contributed by atoms with Gasteiger partial charge in [-0.2, -0.15) is 0 Å². The molecule has 1 atom stereocenters. The Kier molecular flexibility index (Phi) is 6.81. The fraction of sp³-hybridized carbons (Fsp3) is 0.533. The van der Waals surface area contributed by atoms with Gasteiger partial charge in [0.2, 0.25) is 5.91 Å². The van der Waals surface area contributed by atoms with Gasteiger partial charge in [-0.3, -0.25) is 14.9 Å². The lowest BCUT2D eigenvalue weighted by Gasteiger charge is -2.11. The van der Waals surface area contributed by atoms with Gasteiger partial charge in [0.05, 0.1) is 4.92 Å². The molecule has 1 aromatic rings. The summed E-state index contributed by atoms with van der Waals surface area (Å²) >= 11 is 0. The number of nitrogens with zero attached hydrogens (tertiary/aromatic N) is 1. The molecule has 1 amide bonds. The van der Waals surface area contributed by atoms with Gasteiger partial charge in [-0.05, 0) is 37.8 Å². The van der Waals surface area contributed by atoms with Crippen LogP contribution in [0.15, 0.2) is 18.2 Å². The Morgan fingerprint density at radius 2 is 2.14 bits per heavy atom. The van der Waals surface area contributed by atoms with Crippen LogP contribution in [-0.2, 0) is 11.3 Å². The van der Waals surface area contributed by atoms with Gasteiger partial charge in [0, 0.05) is 24.6 Å². The van der Waals surface area contributed by atoms with E-state index in [1.165, 1.54) is 6.07 Å². The number of rotatable bonds is 8. The van der Waals surface area contributed by atoms with Crippen LogP contribution < -0.4 is 11.1 Å². The maximum atomic E-state index is 11.8. The fourth-order valence-electron chi connectivity index (χ4n) is 2.15. The normalized spacial score (nSPS) is 12.0. The first-order valence-corrected chi connectivity index (χ1v) is 7.15. The van der Waals surface area contributed by atoms with Crippen molar-refractivity contribution in [3.05, 3.63) is 39.4 Å². The predicted molar refractivity (Wildman–Crippen MR) is 81.7 cm³/mol. The molecule has 0 aliphatic rings. The van der Waals surface area contributed by atoms with Crippen LogP contribution in [0.3, 0.4) is 0 Å². The standard InChI is InChI=1S/C15H23N3O3/c1-11(8-9-16)6-7-15(19)17-10-13-4-3-5-14(12(13)2)18(20)21/h3-5,11H,6-10,16H2,1-2H3,(H,17,19). The first kappa shape index (κ1) is 17.1. The third kappa shape index (κ3) is 5.51. The molecule has 0 fully saturated rings. The highest BCUT2D eigenvalue weighted by atomic mass is 16.6. The molecule has 21 heavy (non-hydrogen) atoms. The molecule has 6 nitrogen and oxygen atoms in total. The summed E-state index contributed by atoms with van der Waals surface area (Å²) in [4.78, 5) is 22.2. The summed E-state index contributed by atoms with van der Waals surface area (Å²) in [5, 5.41) is 13.7. The SMILES string of the molecule is Cc1c(CNC(=O)CCC(C)CCN)cccc1[N+](=O)[O-]. The van der Waals surface area contributed by atoms with E-state index >= 15 is 0 Å². The number of benzene rings is 1. The van der Waals surface area contributed by atoms with Gasteiger partial charge >= 0.3 is 0 Å². The second-order valence-corrected chi connectivity index (χ2v) is 5.32. The third-order valence-electron chi connectivity index (χ3n) is 3.61. The zero-order valence-corrected chi connectivity index (χ0v) is 12.6. The van der Waals surface area contributed by atoms with Crippen LogP contribution in [0.5, 0.6) is 0 Å². The van der Waals surface area contributed by atoms with Crippen LogP contribution in [0.25, 0.3) is 0 Å². The van der Waals surface area contributed by atoms with Crippen molar-refractivity contribution in [3.8, 4) is 0 Å². The Hall–Kier alpha value is -1.95. The van der Waals surface area contributed by atoms with Crippen LogP contribution in [0.1, 0.15) is 37.3 Å². The Balaban J connectivity index is 2.50. The Morgan fingerprint density at radius 1 is 1.43 bits per heavy atom. The molecule has 1 aromatic carbocycles. The summed E-state index contributed by atoms with van der Waals surface area (Å²) < 4.78 is 0. The van der Waals surface area contributed by atoms with Gasteiger partial charge in [0.1, 0.15) is 0 Å². The molecule has 6 heteroatoms. The molecule has 116 valence electrons. The van der Waals surface area contributed by atoms with Crippen molar-refractivity contribution in [3.63, 3.8) is 0 Å². The summed E-state index contributed by atoms with van der Waals surface area (Å²) in [6, 6.07) is 4.89. The van der Waals surface area contributed by atoms with Crippen molar-refractivity contribution in [1.29, 1.82) is 0 Å². The number of hydrogen-bond donors (Lipinski definition) is 2. The van der Waals surface area contributed by atoms with E-state index in [1.54, 1.807) is 19.1 Å². The molecule has 1 rings (SSSR count). The molecular weight excluding hydrogens is 270 g/mol. The van der Waals surface area contributed by atoms with Crippen molar-refractivity contribution < 1.29 is 9.72 Å². The maximum Gasteiger partial charge on any atom is 0.272 e. The Bertz CT molecular complexity index is 503. The Labute approximate surface area is 124 Å². The van der Waals surface area contributed by atoms with Gasteiger partial charge in [-0.1, -0.05) is 19.1 Å². The molecular formula is C15H23N3O3. The second kappa shape index (κ2) is 8.36. The molecule has 0 spiro atoms. The first-order chi connectivity index (χ1) is 9.95. The van der Waals surface area contributed by atoms with Gasteiger partial charge in [-0.15, -0.1) is 0 Å². The lowest BCUT2D eigenvalue weighted by Crippen LogP contribution is -2.23. The van der Waals surface area contributed by atoms with E-state index in [2.05, 4.69) is 12.2 Å². The van der Waals surface area contributed by atoms with Gasteiger partial charge in [0.15, 0.2) is 0 Å². The number of nitrogens with one attached hydrogen (secondary N) is 1. The van der Waals surface area contributed by atoms with Gasteiger partial charge < -0.3 is 11.1 Å². The van der Waals surface area contributed by atoms with Crippen molar-refractivity contribution in [1.82, 2.24) is 5.32 Å². The molecule has 0 aliphatic heterocycles. The summed E-state index contributed by atoms with van der Waals surface area (Å²) in [6.07, 6.45) is 2.17. The summed E-state index contributed by atoms with van der Waals surface area (Å²) in [5.74, 6) is 0.394. The maximum absolute atomic E-state index is 11.8. The number of carbonyl (C=O) groups excluding carboxylic acids is 1. The van der Waals surface area contributed by atoms with E-state index in [1.807, 2.05) is 0 Å². The topological polar surface area (TPSA) is 98.3 Å². The molecule has 3 N–H and O–H groups in total. The van der Waals surface area contributed by atoms with Crippen LogP contribution in [0.2, 0.25) is 0 Å². The van der Waals surface area contributed by atoms with Crippen molar-refractivity contribution in [2.75, 3.05) is 6.54 Å². The van der Waals surface area contributed by atoms with Gasteiger partial charge in [0.25, 0.3) is 5.69 Å². The van der Waals surface area contributed by atoms with Crippen LogP contribution in [0.4, 0.5) is 5.69 Å². The largest absolute Gasteiger partial charge is 0.352 e. The molecule has 0 aromatic heterocycles. The third-order valence-corrected chi connectivity index (χ3v) is 3.61. The molecule has 1 unspecified atom stereocenters. The second-order valence-electron chi connectivity index (χ2n) is 5.32. The summed E-state index contributed by atoms with van der Waals surface area (Å²) in [6.45, 7) is 4.72. The zero-order chi connectivity index (χ0) is 15.8. The molecule has 0 radical (unpaired) electrons. The van der Waals surface area contributed by atoms with Crippen LogP contribution in [-0.4, -0.2) is 17.4 Å². The zero-order valence-electron chi connectivity index (χ0n) is 12.6. The van der Waals surface area contributed by atoms with Gasteiger partial charge in [-0.25, -0.2) is 0 Å². The lowest BCUT2D eigenvalue weighted by atomic mass is 10.0. The summed E-state index contributed by atoms with van der Waals surface area (Å²) in [5.41, 5.74) is 6.92. The molecule has 0 heterocycles. The van der Waals surface area contributed by atoms with Crippen LogP contribution >= 0.6 is 0 Å². The van der Waals surface area contributed by atoms with Crippen molar-refractivity contribution in [2.45, 2.75) is 39.7 Å². The number of nitrogens with two attached hydrogens (primary N) is 1. The Morgan fingerprint density at radius 3 is 2.76 bits per heavy atom. The molecule has 0 aliphatic carbocycles. The first-order valence-electron chi connectivity index (χ1n) is 7.15. The van der Waals surface area contributed by atoms with Crippen LogP contribution in [0, 0.1) is 23.0 Å². The number of nitro benzene ring substituents is 1. The monoisotopic (exact) mass is 293 g/mol. The van der Waals surface area contributed by atoms with E-state index in [0.29, 0.717) is 31.0 Å². The van der Waals surface area contributed by atoms with E-state index in [4.69, 9.17) is 5.73 Å². The highest BCUT2D eigenvalue weighted by Crippen LogP contribution is 2.20. The van der Waals surface area contributed by atoms with E-state index in [9.17, 15) is 14.9 Å².